The molecule has 1 N–H and O–H groups in total. The number of nitro benzene ring substituents is 1. The van der Waals surface area contributed by atoms with Crippen molar-refractivity contribution in [1.82, 2.24) is 4.90 Å². The summed E-state index contributed by atoms with van der Waals surface area (Å²) in [5, 5.41) is 22.5. The van der Waals surface area contributed by atoms with Crippen LogP contribution in [0.4, 0.5) is 5.69 Å². The Kier molecular flexibility index (Phi) is 5.92. The number of nitrogens with zero attached hydrogens (tertiary/aromatic N) is 2. The Balaban J connectivity index is 1.60. The van der Waals surface area contributed by atoms with E-state index in [4.69, 9.17) is 9.47 Å². The Morgan fingerprint density at radius 1 is 1.23 bits per heavy atom. The number of rotatable bonds is 7. The topological polar surface area (TPSA) is 85.1 Å². The van der Waals surface area contributed by atoms with Crippen molar-refractivity contribution in [1.29, 1.82) is 0 Å². The Morgan fingerprint density at radius 3 is 2.60 bits per heavy atom. The molecule has 160 valence electrons. The second-order valence-electron chi connectivity index (χ2n) is 8.25. The molecule has 3 heterocycles. The van der Waals surface area contributed by atoms with E-state index in [0.29, 0.717) is 18.1 Å². The average Bonchev–Trinajstić information content (AvgIpc) is 2.75. The van der Waals surface area contributed by atoms with Gasteiger partial charge in [-0.3, -0.25) is 15.0 Å². The minimum Gasteiger partial charge on any atom is -0.493 e. The summed E-state index contributed by atoms with van der Waals surface area (Å²) in [7, 11) is 1.49. The van der Waals surface area contributed by atoms with E-state index < -0.39 is 11.0 Å². The quantitative estimate of drug-likeness (QED) is 0.554. The van der Waals surface area contributed by atoms with Crippen molar-refractivity contribution in [3.05, 3.63) is 63.2 Å². The second kappa shape index (κ2) is 8.62. The molecule has 2 atom stereocenters. The molecule has 7 heteroatoms. The molecule has 2 aromatic carbocycles. The SMILES string of the molecule is COc1cc(CC2C(O)C3CCN2CC3)cc([N+](=O)[O-])c1OCc1ccccc1C. The first kappa shape index (κ1) is 20.6. The first-order valence-corrected chi connectivity index (χ1v) is 10.4. The molecule has 0 saturated carbocycles. The van der Waals surface area contributed by atoms with Gasteiger partial charge in [0.05, 0.1) is 18.1 Å². The van der Waals surface area contributed by atoms with Crippen LogP contribution in [0.2, 0.25) is 0 Å². The van der Waals surface area contributed by atoms with Crippen molar-refractivity contribution in [2.24, 2.45) is 5.92 Å². The molecule has 0 spiro atoms. The molecular formula is C23H28N2O5. The van der Waals surface area contributed by atoms with E-state index in [1.54, 1.807) is 12.1 Å². The summed E-state index contributed by atoms with van der Waals surface area (Å²) in [6.45, 7) is 4.15. The average molecular weight is 412 g/mol. The summed E-state index contributed by atoms with van der Waals surface area (Å²) in [6.07, 6.45) is 2.20. The van der Waals surface area contributed by atoms with Crippen molar-refractivity contribution in [2.75, 3.05) is 20.2 Å². The number of piperidine rings is 3. The van der Waals surface area contributed by atoms with Crippen LogP contribution in [-0.4, -0.2) is 47.3 Å². The summed E-state index contributed by atoms with van der Waals surface area (Å²) < 4.78 is 11.3. The molecule has 0 aliphatic carbocycles. The number of hydrogen-bond acceptors (Lipinski definition) is 6. The van der Waals surface area contributed by atoms with E-state index in [1.807, 2.05) is 31.2 Å². The highest BCUT2D eigenvalue weighted by atomic mass is 16.6. The highest BCUT2D eigenvalue weighted by Crippen LogP contribution is 2.41. The van der Waals surface area contributed by atoms with Gasteiger partial charge in [-0.1, -0.05) is 24.3 Å². The molecule has 2 unspecified atom stereocenters. The van der Waals surface area contributed by atoms with Gasteiger partial charge in [-0.2, -0.15) is 0 Å². The van der Waals surface area contributed by atoms with Gasteiger partial charge in [0, 0.05) is 12.1 Å². The molecule has 5 rings (SSSR count). The summed E-state index contributed by atoms with van der Waals surface area (Å²) >= 11 is 0. The molecule has 0 aromatic heterocycles. The number of hydrogen-bond donors (Lipinski definition) is 1. The van der Waals surface area contributed by atoms with E-state index in [-0.39, 0.29) is 24.1 Å². The van der Waals surface area contributed by atoms with Crippen LogP contribution in [0, 0.1) is 23.0 Å². The van der Waals surface area contributed by atoms with E-state index in [2.05, 4.69) is 4.90 Å². The van der Waals surface area contributed by atoms with Crippen molar-refractivity contribution in [2.45, 2.75) is 44.9 Å². The Morgan fingerprint density at radius 2 is 1.97 bits per heavy atom. The zero-order chi connectivity index (χ0) is 21.3. The number of aryl methyl sites for hydroxylation is 1. The maximum absolute atomic E-state index is 11.8. The van der Waals surface area contributed by atoms with E-state index >= 15 is 0 Å². The van der Waals surface area contributed by atoms with Gasteiger partial charge in [0.1, 0.15) is 6.61 Å². The van der Waals surface area contributed by atoms with Gasteiger partial charge in [0.15, 0.2) is 5.75 Å². The van der Waals surface area contributed by atoms with E-state index in [1.165, 1.54) is 7.11 Å². The van der Waals surface area contributed by atoms with Gasteiger partial charge in [-0.15, -0.1) is 0 Å². The maximum atomic E-state index is 11.8. The minimum atomic E-state index is -0.428. The molecule has 7 nitrogen and oxygen atoms in total. The molecular weight excluding hydrogens is 384 g/mol. The lowest BCUT2D eigenvalue weighted by molar-refractivity contribution is -0.386. The molecule has 0 amide bonds. The number of nitro groups is 1. The fraction of sp³-hybridized carbons (Fsp3) is 0.478. The van der Waals surface area contributed by atoms with Crippen LogP contribution in [0.5, 0.6) is 11.5 Å². The van der Waals surface area contributed by atoms with E-state index in [9.17, 15) is 15.2 Å². The van der Waals surface area contributed by atoms with Gasteiger partial charge in [0.25, 0.3) is 0 Å². The van der Waals surface area contributed by atoms with Gasteiger partial charge in [0.2, 0.25) is 5.75 Å². The zero-order valence-electron chi connectivity index (χ0n) is 17.4. The number of aliphatic hydroxyl groups excluding tert-OH is 1. The van der Waals surface area contributed by atoms with Crippen molar-refractivity contribution >= 4 is 5.69 Å². The Bertz CT molecular complexity index is 922. The molecule has 3 fully saturated rings. The fourth-order valence-corrected chi connectivity index (χ4v) is 4.73. The monoisotopic (exact) mass is 412 g/mol. The van der Waals surface area contributed by atoms with Crippen LogP contribution in [0.15, 0.2) is 36.4 Å². The third-order valence-corrected chi connectivity index (χ3v) is 6.51. The lowest BCUT2D eigenvalue weighted by Crippen LogP contribution is -2.58. The third kappa shape index (κ3) is 4.00. The predicted molar refractivity (Wildman–Crippen MR) is 113 cm³/mol. The van der Waals surface area contributed by atoms with Crippen LogP contribution in [0.3, 0.4) is 0 Å². The van der Waals surface area contributed by atoms with E-state index in [0.717, 1.165) is 42.6 Å². The van der Waals surface area contributed by atoms with Gasteiger partial charge < -0.3 is 14.6 Å². The van der Waals surface area contributed by atoms with Gasteiger partial charge in [-0.25, -0.2) is 0 Å². The largest absolute Gasteiger partial charge is 0.493 e. The summed E-state index contributed by atoms with van der Waals surface area (Å²) in [5.74, 6) is 0.812. The first-order valence-electron chi connectivity index (χ1n) is 10.4. The Labute approximate surface area is 176 Å². The molecule has 2 bridgehead atoms. The number of ether oxygens (including phenoxy) is 2. The van der Waals surface area contributed by atoms with Crippen LogP contribution < -0.4 is 9.47 Å². The number of benzene rings is 2. The third-order valence-electron chi connectivity index (χ3n) is 6.51. The normalized spacial score (nSPS) is 25.2. The van der Waals surface area contributed by atoms with Gasteiger partial charge >= 0.3 is 5.69 Å². The summed E-state index contributed by atoms with van der Waals surface area (Å²) in [4.78, 5) is 13.7. The second-order valence-corrected chi connectivity index (χ2v) is 8.25. The number of aliphatic hydroxyl groups is 1. The molecule has 30 heavy (non-hydrogen) atoms. The summed E-state index contributed by atoms with van der Waals surface area (Å²) in [6, 6.07) is 11.1. The first-order chi connectivity index (χ1) is 14.5. The molecule has 3 aliphatic heterocycles. The zero-order valence-corrected chi connectivity index (χ0v) is 17.4. The molecule has 2 aromatic rings. The highest BCUT2D eigenvalue weighted by Gasteiger charge is 2.41. The molecule has 0 radical (unpaired) electrons. The number of fused-ring (bicyclic) bond motifs is 3. The van der Waals surface area contributed by atoms with Crippen LogP contribution >= 0.6 is 0 Å². The summed E-state index contributed by atoms with van der Waals surface area (Å²) in [5.41, 5.74) is 2.69. The van der Waals surface area contributed by atoms with Crippen LogP contribution in [0.25, 0.3) is 0 Å². The van der Waals surface area contributed by atoms with Crippen molar-refractivity contribution in [3.63, 3.8) is 0 Å². The fourth-order valence-electron chi connectivity index (χ4n) is 4.73. The maximum Gasteiger partial charge on any atom is 0.315 e. The van der Waals surface area contributed by atoms with Crippen LogP contribution in [0.1, 0.15) is 29.5 Å². The predicted octanol–water partition coefficient (Wildman–Crippen LogP) is 3.49. The smallest absolute Gasteiger partial charge is 0.315 e. The lowest BCUT2D eigenvalue weighted by atomic mass is 9.78. The molecule has 3 aliphatic rings. The Hall–Kier alpha value is -2.64. The lowest BCUT2D eigenvalue weighted by Gasteiger charge is -2.49. The van der Waals surface area contributed by atoms with Gasteiger partial charge in [-0.05, 0) is 68.0 Å². The van der Waals surface area contributed by atoms with Crippen LogP contribution in [-0.2, 0) is 13.0 Å². The standard InChI is InChI=1S/C23H28N2O5/c1-15-5-3-4-6-18(15)14-30-23-20(25(27)28)12-16(13-21(23)29-2)11-19-22(26)17-7-9-24(19)10-8-17/h3-6,12-13,17,19,22,26H,7-11,14H2,1-2H3. The molecule has 3 saturated heterocycles. The van der Waals surface area contributed by atoms with Crippen molar-refractivity contribution in [3.8, 4) is 11.5 Å². The minimum absolute atomic E-state index is 0.0134. The van der Waals surface area contributed by atoms with Crippen molar-refractivity contribution < 1.29 is 19.5 Å². The number of methoxy groups -OCH3 is 1. The highest BCUT2D eigenvalue weighted by molar-refractivity contribution is 5.58.